The second-order valence-corrected chi connectivity index (χ2v) is 9.29. The van der Waals surface area contributed by atoms with E-state index in [1.807, 2.05) is 11.6 Å². The Labute approximate surface area is 174 Å². The minimum absolute atomic E-state index is 0.0404. The summed E-state index contributed by atoms with van der Waals surface area (Å²) < 4.78 is 1.82. The first-order valence-corrected chi connectivity index (χ1v) is 11.2. The first kappa shape index (κ1) is 21.4. The third kappa shape index (κ3) is 5.84. The maximum atomic E-state index is 12.4. The van der Waals surface area contributed by atoms with Gasteiger partial charge < -0.3 is 10.2 Å². The number of hydrogen-bond acceptors (Lipinski definition) is 3. The Morgan fingerprint density at radius 3 is 2.57 bits per heavy atom. The molecule has 2 aliphatic rings. The highest BCUT2D eigenvalue weighted by Crippen LogP contribution is 2.26. The number of piperidine rings is 1. The quantitative estimate of drug-likeness (QED) is 0.687. The van der Waals surface area contributed by atoms with E-state index < -0.39 is 0 Å². The molecule has 1 aliphatic carbocycles. The van der Waals surface area contributed by atoms with Crippen molar-refractivity contribution in [3.05, 3.63) is 22.5 Å². The average Bonchev–Trinajstić information content (AvgIpc) is 3.23. The van der Waals surface area contributed by atoms with E-state index in [1.54, 1.807) is 12.2 Å². The minimum atomic E-state index is -0.0404. The zero-order valence-corrected chi connectivity index (χ0v) is 18.3. The molecule has 1 aromatic heterocycles. The molecule has 6 heteroatoms. The van der Waals surface area contributed by atoms with Crippen LogP contribution in [0, 0.1) is 18.8 Å². The van der Waals surface area contributed by atoms with Crippen molar-refractivity contribution in [1.82, 2.24) is 20.0 Å². The predicted molar refractivity (Wildman–Crippen MR) is 115 cm³/mol. The fourth-order valence-electron chi connectivity index (χ4n) is 4.45. The van der Waals surface area contributed by atoms with Gasteiger partial charge in [-0.1, -0.05) is 38.3 Å². The molecular formula is C22H35ClN4O. The fraction of sp³-hybridized carbons (Fsp3) is 0.727. The smallest absolute Gasteiger partial charge is 0.244 e. The van der Waals surface area contributed by atoms with Crippen LogP contribution in [0.1, 0.15) is 63.6 Å². The van der Waals surface area contributed by atoms with Crippen LogP contribution in [0.3, 0.4) is 0 Å². The minimum Gasteiger partial charge on any atom is -0.350 e. The van der Waals surface area contributed by atoms with Crippen molar-refractivity contribution in [3.63, 3.8) is 0 Å². The van der Waals surface area contributed by atoms with Crippen LogP contribution >= 0.6 is 11.6 Å². The highest BCUT2D eigenvalue weighted by Gasteiger charge is 2.24. The summed E-state index contributed by atoms with van der Waals surface area (Å²) in [7, 11) is 0. The Morgan fingerprint density at radius 2 is 1.93 bits per heavy atom. The van der Waals surface area contributed by atoms with Gasteiger partial charge in [0.05, 0.1) is 5.69 Å². The lowest BCUT2D eigenvalue weighted by molar-refractivity contribution is -0.117. The molecule has 0 radical (unpaired) electrons. The van der Waals surface area contributed by atoms with Crippen LogP contribution in [0.5, 0.6) is 0 Å². The molecule has 156 valence electrons. The summed E-state index contributed by atoms with van der Waals surface area (Å²) in [6.07, 6.45) is 11.1. The van der Waals surface area contributed by atoms with Crippen LogP contribution < -0.4 is 5.32 Å². The van der Waals surface area contributed by atoms with Gasteiger partial charge in [-0.3, -0.25) is 9.48 Å². The highest BCUT2D eigenvalue weighted by atomic mass is 35.5. The zero-order chi connectivity index (χ0) is 20.1. The standard InChI is InChI=1S/C22H35ClN4O/c1-16(2)14-27-22(23)20(17(3)25-27)8-9-21(28)24-19-10-12-26(13-11-19)15-18-6-4-5-7-18/h8-9,16,18-19H,4-7,10-15H2,1-3H3,(H,24,28)/b9-8+. The van der Waals surface area contributed by atoms with Gasteiger partial charge in [0.2, 0.25) is 5.91 Å². The molecule has 28 heavy (non-hydrogen) atoms. The molecule has 1 amide bonds. The molecule has 1 saturated heterocycles. The van der Waals surface area contributed by atoms with Crippen molar-refractivity contribution in [3.8, 4) is 0 Å². The van der Waals surface area contributed by atoms with E-state index in [2.05, 4.69) is 29.2 Å². The number of rotatable bonds is 7. The number of amides is 1. The predicted octanol–water partition coefficient (Wildman–Crippen LogP) is 4.28. The number of aromatic nitrogens is 2. The monoisotopic (exact) mass is 406 g/mol. The summed E-state index contributed by atoms with van der Waals surface area (Å²) in [5, 5.41) is 8.26. The third-order valence-electron chi connectivity index (χ3n) is 5.97. The molecule has 3 rings (SSSR count). The summed E-state index contributed by atoms with van der Waals surface area (Å²) in [5.41, 5.74) is 1.69. The number of nitrogens with zero attached hydrogens (tertiary/aromatic N) is 3. The molecule has 0 bridgehead atoms. The molecule has 1 saturated carbocycles. The molecule has 2 heterocycles. The van der Waals surface area contributed by atoms with E-state index >= 15 is 0 Å². The largest absolute Gasteiger partial charge is 0.350 e. The third-order valence-corrected chi connectivity index (χ3v) is 6.37. The molecule has 2 fully saturated rings. The van der Waals surface area contributed by atoms with Gasteiger partial charge in [-0.05, 0) is 50.5 Å². The molecule has 0 aromatic carbocycles. The highest BCUT2D eigenvalue weighted by molar-refractivity contribution is 6.31. The van der Waals surface area contributed by atoms with Crippen LogP contribution in [0.15, 0.2) is 6.08 Å². The summed E-state index contributed by atoms with van der Waals surface area (Å²) in [4.78, 5) is 15.0. The van der Waals surface area contributed by atoms with E-state index in [4.69, 9.17) is 11.6 Å². The van der Waals surface area contributed by atoms with Gasteiger partial charge in [0.25, 0.3) is 0 Å². The fourth-order valence-corrected chi connectivity index (χ4v) is 4.76. The van der Waals surface area contributed by atoms with Gasteiger partial charge in [0, 0.05) is 43.9 Å². The summed E-state index contributed by atoms with van der Waals surface area (Å²) in [6, 6.07) is 0.275. The number of carbonyl (C=O) groups excluding carboxylic acids is 1. The van der Waals surface area contributed by atoms with Crippen LogP contribution in [0.25, 0.3) is 6.08 Å². The van der Waals surface area contributed by atoms with Gasteiger partial charge in [-0.25, -0.2) is 0 Å². The molecule has 1 aromatic rings. The lowest BCUT2D eigenvalue weighted by atomic mass is 10.0. The van der Waals surface area contributed by atoms with Crippen molar-refractivity contribution >= 4 is 23.6 Å². The Balaban J connectivity index is 1.46. The second kappa shape index (κ2) is 9.93. The zero-order valence-electron chi connectivity index (χ0n) is 17.6. The topological polar surface area (TPSA) is 50.2 Å². The Bertz CT molecular complexity index is 683. The molecule has 5 nitrogen and oxygen atoms in total. The first-order valence-electron chi connectivity index (χ1n) is 10.9. The number of carbonyl (C=O) groups is 1. The van der Waals surface area contributed by atoms with E-state index in [9.17, 15) is 4.79 Å². The van der Waals surface area contributed by atoms with Gasteiger partial charge in [-0.2, -0.15) is 5.10 Å². The van der Waals surface area contributed by atoms with Gasteiger partial charge >= 0.3 is 0 Å². The summed E-state index contributed by atoms with van der Waals surface area (Å²) in [6.45, 7) is 10.4. The second-order valence-electron chi connectivity index (χ2n) is 8.93. The van der Waals surface area contributed by atoms with Crippen molar-refractivity contribution in [1.29, 1.82) is 0 Å². The van der Waals surface area contributed by atoms with E-state index in [0.29, 0.717) is 11.1 Å². The average molecular weight is 407 g/mol. The van der Waals surface area contributed by atoms with Crippen molar-refractivity contribution in [2.45, 2.75) is 71.9 Å². The maximum absolute atomic E-state index is 12.4. The lowest BCUT2D eigenvalue weighted by Crippen LogP contribution is -2.45. The number of aryl methyl sites for hydroxylation is 1. The normalized spacial score (nSPS) is 19.9. The number of hydrogen-bond donors (Lipinski definition) is 1. The SMILES string of the molecule is Cc1nn(CC(C)C)c(Cl)c1/C=C/C(=O)NC1CCN(CC2CCCC2)CC1. The first-order chi connectivity index (χ1) is 13.4. The maximum Gasteiger partial charge on any atom is 0.244 e. The van der Waals surface area contributed by atoms with Crippen LogP contribution in [0.4, 0.5) is 0 Å². The summed E-state index contributed by atoms with van der Waals surface area (Å²) in [5.74, 6) is 1.33. The van der Waals surface area contributed by atoms with Crippen molar-refractivity contribution in [2.24, 2.45) is 11.8 Å². The molecule has 1 N–H and O–H groups in total. The lowest BCUT2D eigenvalue weighted by Gasteiger charge is -2.33. The van der Waals surface area contributed by atoms with Gasteiger partial charge in [0.1, 0.15) is 5.15 Å². The van der Waals surface area contributed by atoms with Crippen LogP contribution in [0.2, 0.25) is 5.15 Å². The molecular weight excluding hydrogens is 372 g/mol. The van der Waals surface area contributed by atoms with Gasteiger partial charge in [0.15, 0.2) is 0 Å². The Hall–Kier alpha value is -1.33. The van der Waals surface area contributed by atoms with Crippen molar-refractivity contribution < 1.29 is 4.79 Å². The number of halogens is 1. The van der Waals surface area contributed by atoms with E-state index in [-0.39, 0.29) is 11.9 Å². The van der Waals surface area contributed by atoms with Crippen LogP contribution in [-0.4, -0.2) is 46.3 Å². The van der Waals surface area contributed by atoms with Crippen molar-refractivity contribution in [2.75, 3.05) is 19.6 Å². The molecule has 0 unspecified atom stereocenters. The van der Waals surface area contributed by atoms with Crippen LogP contribution in [-0.2, 0) is 11.3 Å². The van der Waals surface area contributed by atoms with E-state index in [0.717, 1.165) is 49.7 Å². The van der Waals surface area contributed by atoms with E-state index in [1.165, 1.54) is 32.2 Å². The Morgan fingerprint density at radius 1 is 1.25 bits per heavy atom. The number of likely N-dealkylation sites (tertiary alicyclic amines) is 1. The molecule has 0 atom stereocenters. The summed E-state index contributed by atoms with van der Waals surface area (Å²) >= 11 is 6.45. The molecule has 1 aliphatic heterocycles. The Kier molecular flexibility index (Phi) is 7.58. The number of nitrogens with one attached hydrogen (secondary N) is 1. The molecule has 0 spiro atoms. The van der Waals surface area contributed by atoms with Gasteiger partial charge in [-0.15, -0.1) is 0 Å².